The summed E-state index contributed by atoms with van der Waals surface area (Å²) in [4.78, 5) is 8.90. The first-order valence-corrected chi connectivity index (χ1v) is 7.71. The number of alkyl halides is 3. The monoisotopic (exact) mass is 401 g/mol. The zero-order valence-corrected chi connectivity index (χ0v) is 14.2. The van der Waals surface area contributed by atoms with Crippen LogP contribution in [0.15, 0.2) is 42.6 Å². The van der Waals surface area contributed by atoms with E-state index >= 15 is 0 Å². The van der Waals surface area contributed by atoms with Gasteiger partial charge in [0, 0.05) is 17.5 Å². The lowest BCUT2D eigenvalue weighted by Gasteiger charge is -2.12. The molecule has 0 aliphatic heterocycles. The number of carboxylic acid groups (broad SMARTS) is 1. The molecule has 0 aliphatic carbocycles. The van der Waals surface area contributed by atoms with Crippen molar-refractivity contribution >= 4 is 28.5 Å². The SMILES string of the molecule is NCc1cc(Cl)c2ccnnc2c1-c1cccc(F)c1.O=C(O)C(F)(F)F. The Morgan fingerprint density at radius 1 is 1.22 bits per heavy atom. The molecule has 1 heterocycles. The average Bonchev–Trinajstić information content (AvgIpc) is 2.61. The predicted octanol–water partition coefficient (Wildman–Crippen LogP) is 4.18. The fraction of sp³-hybridized carbons (Fsp3) is 0.118. The van der Waals surface area contributed by atoms with Crippen molar-refractivity contribution in [3.63, 3.8) is 0 Å². The van der Waals surface area contributed by atoms with Crippen LogP contribution in [0.25, 0.3) is 22.0 Å². The number of aliphatic carboxylic acids is 1. The number of fused-ring (bicyclic) bond motifs is 1. The number of rotatable bonds is 2. The van der Waals surface area contributed by atoms with Crippen molar-refractivity contribution in [3.05, 3.63) is 59.0 Å². The van der Waals surface area contributed by atoms with Gasteiger partial charge in [0.05, 0.1) is 11.2 Å². The predicted molar refractivity (Wildman–Crippen MR) is 91.5 cm³/mol. The van der Waals surface area contributed by atoms with Crippen LogP contribution in [0.5, 0.6) is 0 Å². The average molecular weight is 402 g/mol. The minimum Gasteiger partial charge on any atom is -0.475 e. The van der Waals surface area contributed by atoms with Crippen LogP contribution in [0.4, 0.5) is 17.6 Å². The number of nitrogens with zero attached hydrogens (tertiary/aromatic N) is 2. The fourth-order valence-electron chi connectivity index (χ4n) is 2.29. The molecule has 0 radical (unpaired) electrons. The summed E-state index contributed by atoms with van der Waals surface area (Å²) in [5.41, 5.74) is 8.72. The Bertz CT molecular complexity index is 980. The van der Waals surface area contributed by atoms with Crippen LogP contribution >= 0.6 is 11.6 Å². The summed E-state index contributed by atoms with van der Waals surface area (Å²) in [7, 11) is 0. The quantitative estimate of drug-likeness (QED) is 0.629. The van der Waals surface area contributed by atoms with Crippen LogP contribution in [0.1, 0.15) is 5.56 Å². The van der Waals surface area contributed by atoms with Crippen LogP contribution in [-0.2, 0) is 11.3 Å². The molecule has 0 saturated carbocycles. The van der Waals surface area contributed by atoms with Gasteiger partial charge in [-0.15, -0.1) is 5.10 Å². The minimum absolute atomic E-state index is 0.290. The maximum Gasteiger partial charge on any atom is 0.490 e. The lowest BCUT2D eigenvalue weighted by atomic mass is 9.96. The maximum absolute atomic E-state index is 13.5. The Morgan fingerprint density at radius 2 is 1.89 bits per heavy atom. The first kappa shape index (κ1) is 20.5. The normalized spacial score (nSPS) is 11.0. The number of carbonyl (C=O) groups is 1. The number of hydrogen-bond acceptors (Lipinski definition) is 4. The van der Waals surface area contributed by atoms with Crippen molar-refractivity contribution < 1.29 is 27.5 Å². The molecular weight excluding hydrogens is 390 g/mol. The molecule has 3 rings (SSSR count). The minimum atomic E-state index is -5.08. The lowest BCUT2D eigenvalue weighted by molar-refractivity contribution is -0.192. The molecule has 0 atom stereocenters. The van der Waals surface area contributed by atoms with Gasteiger partial charge in [-0.2, -0.15) is 18.3 Å². The number of benzene rings is 2. The summed E-state index contributed by atoms with van der Waals surface area (Å²) >= 11 is 6.23. The summed E-state index contributed by atoms with van der Waals surface area (Å²) < 4.78 is 45.2. The largest absolute Gasteiger partial charge is 0.490 e. The zero-order valence-electron chi connectivity index (χ0n) is 13.5. The van der Waals surface area contributed by atoms with E-state index in [9.17, 15) is 17.6 Å². The number of carboxylic acids is 1. The van der Waals surface area contributed by atoms with Gasteiger partial charge in [-0.05, 0) is 35.4 Å². The summed E-state index contributed by atoms with van der Waals surface area (Å²) in [6.45, 7) is 0.290. The van der Waals surface area contributed by atoms with Gasteiger partial charge in [-0.25, -0.2) is 9.18 Å². The van der Waals surface area contributed by atoms with Crippen LogP contribution in [0.3, 0.4) is 0 Å². The second kappa shape index (κ2) is 8.28. The van der Waals surface area contributed by atoms with Crippen LogP contribution in [0.2, 0.25) is 5.02 Å². The van der Waals surface area contributed by atoms with Gasteiger partial charge in [0.25, 0.3) is 0 Å². The van der Waals surface area contributed by atoms with Crippen molar-refractivity contribution in [2.24, 2.45) is 5.73 Å². The van der Waals surface area contributed by atoms with Crippen molar-refractivity contribution in [2.75, 3.05) is 0 Å². The number of halogens is 5. The number of nitrogens with two attached hydrogens (primary N) is 1. The van der Waals surface area contributed by atoms with E-state index in [2.05, 4.69) is 10.2 Å². The van der Waals surface area contributed by atoms with Crippen molar-refractivity contribution in [1.29, 1.82) is 0 Å². The Kier molecular flexibility index (Phi) is 6.29. The Balaban J connectivity index is 0.000000321. The highest BCUT2D eigenvalue weighted by Crippen LogP contribution is 2.35. The van der Waals surface area contributed by atoms with Gasteiger partial charge < -0.3 is 10.8 Å². The number of aromatic nitrogens is 2. The molecule has 2 aromatic carbocycles. The highest BCUT2D eigenvalue weighted by atomic mass is 35.5. The Morgan fingerprint density at radius 3 is 2.44 bits per heavy atom. The molecule has 1 aromatic heterocycles. The van der Waals surface area contributed by atoms with Crippen molar-refractivity contribution in [1.82, 2.24) is 10.2 Å². The third-order valence-electron chi connectivity index (χ3n) is 3.41. The van der Waals surface area contributed by atoms with E-state index in [0.717, 1.165) is 16.5 Å². The van der Waals surface area contributed by atoms with E-state index in [1.165, 1.54) is 12.1 Å². The van der Waals surface area contributed by atoms with E-state index in [0.29, 0.717) is 16.1 Å². The molecule has 0 aliphatic rings. The molecule has 0 fully saturated rings. The standard InChI is InChI=1S/C15H11ClFN3.C2HF3O2/c16-13-7-10(8-18)14(9-2-1-3-11(17)6-9)15-12(13)4-5-19-20-15;3-2(4,5)1(6)7/h1-7H,8,18H2;(H,6,7). The first-order chi connectivity index (χ1) is 12.6. The zero-order chi connectivity index (χ0) is 20.2. The molecule has 0 bridgehead atoms. The molecule has 0 saturated heterocycles. The van der Waals surface area contributed by atoms with Crippen LogP contribution in [-0.4, -0.2) is 27.4 Å². The van der Waals surface area contributed by atoms with Gasteiger partial charge in [0.2, 0.25) is 0 Å². The molecule has 0 unspecified atom stereocenters. The maximum atomic E-state index is 13.5. The van der Waals surface area contributed by atoms with Crippen LogP contribution in [0, 0.1) is 5.82 Å². The van der Waals surface area contributed by atoms with E-state index in [1.807, 2.05) is 6.07 Å². The van der Waals surface area contributed by atoms with E-state index < -0.39 is 12.1 Å². The van der Waals surface area contributed by atoms with E-state index in [1.54, 1.807) is 24.4 Å². The Hall–Kier alpha value is -2.78. The second-order valence-electron chi connectivity index (χ2n) is 5.20. The molecule has 142 valence electrons. The summed E-state index contributed by atoms with van der Waals surface area (Å²) in [5.74, 6) is -3.06. The van der Waals surface area contributed by atoms with Crippen LogP contribution < -0.4 is 5.73 Å². The summed E-state index contributed by atoms with van der Waals surface area (Å²) in [6, 6.07) is 9.91. The Labute approximate surface area is 155 Å². The van der Waals surface area contributed by atoms with E-state index in [4.69, 9.17) is 27.2 Å². The third kappa shape index (κ3) is 4.89. The summed E-state index contributed by atoms with van der Waals surface area (Å²) in [6.07, 6.45) is -3.51. The molecule has 5 nitrogen and oxygen atoms in total. The molecule has 0 spiro atoms. The molecule has 0 amide bonds. The smallest absolute Gasteiger partial charge is 0.475 e. The first-order valence-electron chi connectivity index (χ1n) is 7.34. The third-order valence-corrected chi connectivity index (χ3v) is 3.73. The summed E-state index contributed by atoms with van der Waals surface area (Å²) in [5, 5.41) is 16.5. The van der Waals surface area contributed by atoms with Gasteiger partial charge in [0.1, 0.15) is 11.3 Å². The van der Waals surface area contributed by atoms with Crippen molar-refractivity contribution in [3.8, 4) is 11.1 Å². The lowest BCUT2D eigenvalue weighted by Crippen LogP contribution is -2.21. The topological polar surface area (TPSA) is 89.1 Å². The van der Waals surface area contributed by atoms with Gasteiger partial charge in [0.15, 0.2) is 0 Å². The fourth-order valence-corrected chi connectivity index (χ4v) is 2.58. The number of hydrogen-bond donors (Lipinski definition) is 2. The van der Waals surface area contributed by atoms with Crippen molar-refractivity contribution in [2.45, 2.75) is 12.7 Å². The van der Waals surface area contributed by atoms with Gasteiger partial charge in [-0.3, -0.25) is 0 Å². The van der Waals surface area contributed by atoms with Gasteiger partial charge in [-0.1, -0.05) is 23.7 Å². The highest BCUT2D eigenvalue weighted by Gasteiger charge is 2.38. The molecule has 27 heavy (non-hydrogen) atoms. The molecule has 3 N–H and O–H groups in total. The second-order valence-corrected chi connectivity index (χ2v) is 5.61. The van der Waals surface area contributed by atoms with Gasteiger partial charge >= 0.3 is 12.1 Å². The molecule has 3 aromatic rings. The highest BCUT2D eigenvalue weighted by molar-refractivity contribution is 6.36. The van der Waals surface area contributed by atoms with E-state index in [-0.39, 0.29) is 12.4 Å². The molecule has 10 heteroatoms. The molecular formula is C17H12ClF4N3O2.